The molecule has 0 radical (unpaired) electrons. The van der Waals surface area contributed by atoms with Gasteiger partial charge in [-0.1, -0.05) is 23.8 Å². The van der Waals surface area contributed by atoms with E-state index in [0.717, 1.165) is 43.7 Å². The molecule has 150 valence electrons. The maximum atomic E-state index is 11.5. The van der Waals surface area contributed by atoms with Crippen LogP contribution in [0.4, 0.5) is 0 Å². The van der Waals surface area contributed by atoms with Crippen LogP contribution in [0.15, 0.2) is 34.3 Å². The van der Waals surface area contributed by atoms with Crippen molar-refractivity contribution in [2.24, 2.45) is 22.2 Å². The number of aliphatic carboxylic acids is 1. The summed E-state index contributed by atoms with van der Waals surface area (Å²) >= 11 is 4.88. The molecule has 4 rings (SSSR count). The molecule has 2 fully saturated rings. The lowest BCUT2D eigenvalue weighted by molar-refractivity contribution is -0.138. The molecular formula is C21H27N3O3S. The van der Waals surface area contributed by atoms with Gasteiger partial charge in [0.1, 0.15) is 5.75 Å². The zero-order valence-corrected chi connectivity index (χ0v) is 17.0. The molecule has 1 aromatic rings. The van der Waals surface area contributed by atoms with Gasteiger partial charge in [0.25, 0.3) is 0 Å². The van der Waals surface area contributed by atoms with Crippen molar-refractivity contribution >= 4 is 24.0 Å². The number of carboxylic acid groups (broad SMARTS) is 1. The molecule has 28 heavy (non-hydrogen) atoms. The molecule has 0 bridgehead atoms. The third kappa shape index (κ3) is 3.65. The maximum Gasteiger partial charge on any atom is 0.303 e. The fraction of sp³-hybridized carbons (Fsp3) is 0.571. The van der Waals surface area contributed by atoms with Crippen LogP contribution in [0.1, 0.15) is 31.2 Å². The Morgan fingerprint density at radius 2 is 2.11 bits per heavy atom. The number of hydrogen-bond acceptors (Lipinski definition) is 5. The third-order valence-electron chi connectivity index (χ3n) is 6.58. The van der Waals surface area contributed by atoms with Gasteiger partial charge >= 0.3 is 5.97 Å². The monoisotopic (exact) mass is 401 g/mol. The third-order valence-corrected chi connectivity index (χ3v) is 6.69. The Kier molecular flexibility index (Phi) is 5.64. The summed E-state index contributed by atoms with van der Waals surface area (Å²) in [6, 6.07) is 8.18. The summed E-state index contributed by atoms with van der Waals surface area (Å²) in [5.41, 5.74) is 7.08. The predicted octanol–water partition coefficient (Wildman–Crippen LogP) is 2.89. The lowest BCUT2D eigenvalue weighted by Crippen LogP contribution is -2.37. The number of carbonyl (C=O) groups is 1. The minimum absolute atomic E-state index is 0.00470. The van der Waals surface area contributed by atoms with E-state index in [9.17, 15) is 9.90 Å². The number of para-hydroxylation sites is 1. The van der Waals surface area contributed by atoms with Crippen LogP contribution in [0, 0.1) is 17.8 Å². The molecule has 0 amide bonds. The molecule has 7 heteroatoms. The standard InChI is InChI=1S/C21H27N3O3S/c1-24-8-6-13(7-9-24)19-16-4-2-3-5-17(16)27-12-15-10-14(11-18(25)26)21(20(15)19)22-23-28/h2-5,14-15,20-21H,6-12H2,1H3,(H,22,28)(H,25,26). The van der Waals surface area contributed by atoms with E-state index in [-0.39, 0.29) is 30.2 Å². The van der Waals surface area contributed by atoms with E-state index in [1.54, 1.807) is 0 Å². The topological polar surface area (TPSA) is 74.2 Å². The Labute approximate surface area is 171 Å². The van der Waals surface area contributed by atoms with Gasteiger partial charge in [-0.2, -0.15) is 0 Å². The number of nitrogens with one attached hydrogen (secondary N) is 1. The van der Waals surface area contributed by atoms with Crippen molar-refractivity contribution in [2.45, 2.75) is 31.7 Å². The zero-order chi connectivity index (χ0) is 19.7. The van der Waals surface area contributed by atoms with Crippen LogP contribution in [0.5, 0.6) is 5.75 Å². The van der Waals surface area contributed by atoms with Gasteiger partial charge in [-0.15, -0.1) is 4.47 Å². The van der Waals surface area contributed by atoms with E-state index in [1.807, 2.05) is 12.1 Å². The van der Waals surface area contributed by atoms with E-state index < -0.39 is 5.97 Å². The van der Waals surface area contributed by atoms with Crippen LogP contribution in [0.3, 0.4) is 0 Å². The van der Waals surface area contributed by atoms with E-state index >= 15 is 0 Å². The van der Waals surface area contributed by atoms with Gasteiger partial charge in [-0.3, -0.25) is 10.2 Å². The summed E-state index contributed by atoms with van der Waals surface area (Å²) in [5, 5.41) is 9.42. The van der Waals surface area contributed by atoms with Crippen LogP contribution >= 0.6 is 0 Å². The molecule has 0 spiro atoms. The Morgan fingerprint density at radius 1 is 1.36 bits per heavy atom. The summed E-state index contributed by atoms with van der Waals surface area (Å²) in [5.74, 6) is 0.579. The number of hydrogen-bond donors (Lipinski definition) is 2. The van der Waals surface area contributed by atoms with Crippen molar-refractivity contribution in [1.82, 2.24) is 10.3 Å². The molecular weight excluding hydrogens is 374 g/mol. The largest absolute Gasteiger partial charge is 0.493 e. The molecule has 2 aliphatic heterocycles. The van der Waals surface area contributed by atoms with Gasteiger partial charge in [-0.05, 0) is 43.9 Å². The quantitative estimate of drug-likeness (QED) is 0.756. The average molecular weight is 402 g/mol. The zero-order valence-electron chi connectivity index (χ0n) is 16.1. The minimum atomic E-state index is -0.771. The highest BCUT2D eigenvalue weighted by atomic mass is 32.1. The number of rotatable bonds is 4. The van der Waals surface area contributed by atoms with Crippen molar-refractivity contribution in [3.8, 4) is 5.75 Å². The second-order valence-corrected chi connectivity index (χ2v) is 8.44. The molecule has 3 aliphatic rings. The molecule has 1 aliphatic carbocycles. The number of likely N-dealkylation sites (tertiary alicyclic amines) is 1. The van der Waals surface area contributed by atoms with Crippen molar-refractivity contribution in [2.75, 3.05) is 26.7 Å². The van der Waals surface area contributed by atoms with E-state index in [0.29, 0.717) is 6.61 Å². The second kappa shape index (κ2) is 8.17. The van der Waals surface area contributed by atoms with Crippen LogP contribution in [-0.4, -0.2) is 48.8 Å². The maximum absolute atomic E-state index is 11.5. The Balaban J connectivity index is 1.81. The Bertz CT molecular complexity index is 787. The van der Waals surface area contributed by atoms with Crippen molar-refractivity contribution < 1.29 is 14.6 Å². The van der Waals surface area contributed by atoms with Crippen molar-refractivity contribution in [3.05, 3.63) is 35.4 Å². The number of nitrogens with zero attached hydrogens (tertiary/aromatic N) is 2. The van der Waals surface area contributed by atoms with Gasteiger partial charge in [-0.25, -0.2) is 0 Å². The molecule has 4 atom stereocenters. The highest BCUT2D eigenvalue weighted by Gasteiger charge is 2.48. The number of carboxylic acids is 1. The lowest BCUT2D eigenvalue weighted by Gasteiger charge is -2.32. The van der Waals surface area contributed by atoms with Crippen LogP contribution < -0.4 is 10.2 Å². The van der Waals surface area contributed by atoms with Gasteiger partial charge in [0.05, 0.1) is 31.5 Å². The SMILES string of the molecule is CN1CCC(=C2c3ccccc3OCC3CC(CC(=O)O)C(NN=S)C23)CC1. The molecule has 1 aromatic carbocycles. The van der Waals surface area contributed by atoms with Gasteiger partial charge < -0.3 is 14.7 Å². The molecule has 0 aromatic heterocycles. The molecule has 2 N–H and O–H groups in total. The molecule has 2 heterocycles. The summed E-state index contributed by atoms with van der Waals surface area (Å²) in [4.78, 5) is 13.8. The molecule has 6 nitrogen and oxygen atoms in total. The van der Waals surface area contributed by atoms with Gasteiger partial charge in [0, 0.05) is 30.5 Å². The second-order valence-electron chi connectivity index (χ2n) is 8.25. The highest BCUT2D eigenvalue weighted by molar-refractivity contribution is 7.47. The van der Waals surface area contributed by atoms with Gasteiger partial charge in [0.15, 0.2) is 0 Å². The fourth-order valence-electron chi connectivity index (χ4n) is 5.31. The van der Waals surface area contributed by atoms with E-state index in [4.69, 9.17) is 17.2 Å². The van der Waals surface area contributed by atoms with Crippen molar-refractivity contribution in [1.29, 1.82) is 0 Å². The predicted molar refractivity (Wildman–Crippen MR) is 110 cm³/mol. The molecule has 1 saturated heterocycles. The smallest absolute Gasteiger partial charge is 0.303 e. The number of ether oxygens (including phenoxy) is 1. The summed E-state index contributed by atoms with van der Waals surface area (Å²) < 4.78 is 10.0. The van der Waals surface area contributed by atoms with Crippen LogP contribution in [-0.2, 0) is 17.2 Å². The van der Waals surface area contributed by atoms with Crippen LogP contribution in [0.25, 0.3) is 5.57 Å². The van der Waals surface area contributed by atoms with E-state index in [2.05, 4.69) is 34.0 Å². The van der Waals surface area contributed by atoms with Gasteiger partial charge in [0.2, 0.25) is 0 Å². The Morgan fingerprint density at radius 3 is 2.82 bits per heavy atom. The minimum Gasteiger partial charge on any atom is -0.493 e. The van der Waals surface area contributed by atoms with E-state index in [1.165, 1.54) is 11.1 Å². The first kappa shape index (κ1) is 19.3. The number of benzene rings is 1. The molecule has 1 saturated carbocycles. The average Bonchev–Trinajstić information content (AvgIpc) is 2.90. The number of fused-ring (bicyclic) bond motifs is 2. The fourth-order valence-corrected chi connectivity index (χ4v) is 5.43. The summed E-state index contributed by atoms with van der Waals surface area (Å²) in [6.07, 6.45) is 3.00. The first-order chi connectivity index (χ1) is 13.6. The summed E-state index contributed by atoms with van der Waals surface area (Å²) in [6.45, 7) is 2.69. The first-order valence-corrected chi connectivity index (χ1v) is 10.4. The normalized spacial score (nSPS) is 30.0. The molecule has 4 unspecified atom stereocenters. The van der Waals surface area contributed by atoms with Crippen molar-refractivity contribution in [3.63, 3.8) is 0 Å². The number of piperidine rings is 1. The summed E-state index contributed by atoms with van der Waals surface area (Å²) in [7, 11) is 2.16. The van der Waals surface area contributed by atoms with Crippen LogP contribution in [0.2, 0.25) is 0 Å². The lowest BCUT2D eigenvalue weighted by atomic mass is 9.78. The first-order valence-electron chi connectivity index (χ1n) is 10.0. The Hall–Kier alpha value is -1.99. The highest BCUT2D eigenvalue weighted by Crippen LogP contribution is 2.51.